The number of nitrogens with zero attached hydrogens (tertiary/aromatic N) is 1. The van der Waals surface area contributed by atoms with Crippen LogP contribution in [-0.4, -0.2) is 37.9 Å². The average Bonchev–Trinajstić information content (AvgIpc) is 3.00. The number of hydrogen-bond acceptors (Lipinski definition) is 5. The molecule has 1 aliphatic heterocycles. The normalized spacial score (nSPS) is 26.1. The third kappa shape index (κ3) is 3.97. The second-order valence-electron chi connectivity index (χ2n) is 5.39. The summed E-state index contributed by atoms with van der Waals surface area (Å²) in [4.78, 5) is 11.9. The van der Waals surface area contributed by atoms with Gasteiger partial charge in [-0.2, -0.15) is 5.26 Å². The molecule has 0 bridgehead atoms. The Hall–Kier alpha value is -1.55. The van der Waals surface area contributed by atoms with Crippen molar-refractivity contribution in [3.8, 4) is 6.07 Å². The van der Waals surface area contributed by atoms with Gasteiger partial charge in [-0.3, -0.25) is 4.79 Å². The summed E-state index contributed by atoms with van der Waals surface area (Å²) in [7, 11) is -2.96. The number of amides is 1. The third-order valence-corrected chi connectivity index (χ3v) is 5.52. The zero-order chi connectivity index (χ0) is 14.6. The van der Waals surface area contributed by atoms with Crippen LogP contribution in [0, 0.1) is 11.3 Å². The molecular formula is C13H19N3O3S. The lowest BCUT2D eigenvalue weighted by Gasteiger charge is -2.12. The predicted octanol–water partition coefficient (Wildman–Crippen LogP) is 0.229. The van der Waals surface area contributed by atoms with Crippen LogP contribution < -0.4 is 10.6 Å². The first-order valence-electron chi connectivity index (χ1n) is 6.88. The van der Waals surface area contributed by atoms with Gasteiger partial charge in [0, 0.05) is 18.3 Å². The van der Waals surface area contributed by atoms with Crippen molar-refractivity contribution in [2.24, 2.45) is 0 Å². The van der Waals surface area contributed by atoms with Crippen molar-refractivity contribution in [3.63, 3.8) is 0 Å². The second-order valence-corrected chi connectivity index (χ2v) is 7.62. The lowest BCUT2D eigenvalue weighted by molar-refractivity contribution is -0.117. The molecule has 0 spiro atoms. The Labute approximate surface area is 119 Å². The van der Waals surface area contributed by atoms with Gasteiger partial charge in [-0.15, -0.1) is 0 Å². The fourth-order valence-corrected chi connectivity index (χ4v) is 4.30. The van der Waals surface area contributed by atoms with Crippen molar-refractivity contribution in [3.05, 3.63) is 11.8 Å². The van der Waals surface area contributed by atoms with E-state index in [9.17, 15) is 13.2 Å². The topological polar surface area (TPSA) is 99.1 Å². The van der Waals surface area contributed by atoms with Crippen molar-refractivity contribution in [1.82, 2.24) is 10.6 Å². The van der Waals surface area contributed by atoms with Crippen LogP contribution in [0.15, 0.2) is 11.8 Å². The molecule has 1 unspecified atom stereocenters. The number of hydrogen-bond donors (Lipinski definition) is 2. The van der Waals surface area contributed by atoms with Gasteiger partial charge >= 0.3 is 0 Å². The summed E-state index contributed by atoms with van der Waals surface area (Å²) in [5.41, 5.74) is 0.00111. The van der Waals surface area contributed by atoms with Crippen molar-refractivity contribution in [1.29, 1.82) is 5.26 Å². The molecule has 0 aromatic heterocycles. The van der Waals surface area contributed by atoms with E-state index in [2.05, 4.69) is 10.6 Å². The lowest BCUT2D eigenvalue weighted by atomic mass is 10.2. The maximum absolute atomic E-state index is 11.9. The van der Waals surface area contributed by atoms with Crippen molar-refractivity contribution in [2.75, 3.05) is 11.5 Å². The van der Waals surface area contributed by atoms with E-state index in [0.29, 0.717) is 6.42 Å². The van der Waals surface area contributed by atoms with E-state index < -0.39 is 9.84 Å². The first-order valence-corrected chi connectivity index (χ1v) is 8.70. The molecule has 0 radical (unpaired) electrons. The molecule has 2 rings (SSSR count). The van der Waals surface area contributed by atoms with Gasteiger partial charge in [-0.1, -0.05) is 12.8 Å². The average molecular weight is 297 g/mol. The first-order chi connectivity index (χ1) is 9.50. The molecule has 1 atom stereocenters. The largest absolute Gasteiger partial charge is 0.386 e. The quantitative estimate of drug-likeness (QED) is 0.571. The number of carbonyl (C=O) groups excluding carboxylic acids is 1. The highest BCUT2D eigenvalue weighted by atomic mass is 32.2. The van der Waals surface area contributed by atoms with Crippen molar-refractivity contribution in [2.45, 2.75) is 44.2 Å². The molecule has 20 heavy (non-hydrogen) atoms. The van der Waals surface area contributed by atoms with Gasteiger partial charge in [0.05, 0.1) is 11.5 Å². The molecule has 1 aliphatic carbocycles. The Morgan fingerprint density at radius 1 is 1.20 bits per heavy atom. The SMILES string of the molecule is N#C/C(=C/NC1CCS(=O)(=O)C1)C(=O)NC1CCCC1. The van der Waals surface area contributed by atoms with E-state index in [1.165, 1.54) is 6.20 Å². The minimum absolute atomic E-state index is 0.00111. The summed E-state index contributed by atoms with van der Waals surface area (Å²) in [6, 6.07) is 1.81. The van der Waals surface area contributed by atoms with Gasteiger partial charge in [0.2, 0.25) is 0 Å². The fraction of sp³-hybridized carbons (Fsp3) is 0.692. The minimum Gasteiger partial charge on any atom is -0.386 e. The molecule has 0 aromatic rings. The van der Waals surface area contributed by atoms with Gasteiger partial charge in [-0.05, 0) is 19.3 Å². The summed E-state index contributed by atoms with van der Waals surface area (Å²) in [5.74, 6) is -0.158. The van der Waals surface area contributed by atoms with Gasteiger partial charge in [-0.25, -0.2) is 8.42 Å². The summed E-state index contributed by atoms with van der Waals surface area (Å²) < 4.78 is 22.6. The number of nitriles is 1. The highest BCUT2D eigenvalue weighted by molar-refractivity contribution is 7.91. The summed E-state index contributed by atoms with van der Waals surface area (Å²) >= 11 is 0. The Morgan fingerprint density at radius 2 is 1.90 bits per heavy atom. The maximum atomic E-state index is 11.9. The third-order valence-electron chi connectivity index (χ3n) is 3.75. The number of nitrogens with one attached hydrogen (secondary N) is 2. The van der Waals surface area contributed by atoms with Crippen LogP contribution in [0.25, 0.3) is 0 Å². The molecule has 2 aliphatic rings. The molecule has 1 saturated carbocycles. The van der Waals surface area contributed by atoms with E-state index >= 15 is 0 Å². The van der Waals surface area contributed by atoms with Crippen LogP contribution in [0.3, 0.4) is 0 Å². The van der Waals surface area contributed by atoms with Crippen LogP contribution in [0.1, 0.15) is 32.1 Å². The molecule has 1 amide bonds. The highest BCUT2D eigenvalue weighted by Gasteiger charge is 2.27. The molecule has 2 fully saturated rings. The Balaban J connectivity index is 1.89. The number of sulfone groups is 1. The van der Waals surface area contributed by atoms with E-state index in [4.69, 9.17) is 5.26 Å². The van der Waals surface area contributed by atoms with Gasteiger partial charge in [0.25, 0.3) is 5.91 Å². The molecule has 110 valence electrons. The zero-order valence-electron chi connectivity index (χ0n) is 11.3. The Bertz CT molecular complexity index is 542. The second kappa shape index (κ2) is 6.27. The summed E-state index contributed by atoms with van der Waals surface area (Å²) in [5, 5.41) is 14.7. The Morgan fingerprint density at radius 3 is 2.45 bits per heavy atom. The molecule has 1 heterocycles. The van der Waals surface area contributed by atoms with E-state index in [-0.39, 0.29) is 35.1 Å². The summed E-state index contributed by atoms with van der Waals surface area (Å²) in [6.45, 7) is 0. The number of carbonyl (C=O) groups is 1. The smallest absolute Gasteiger partial charge is 0.263 e. The van der Waals surface area contributed by atoms with Crippen LogP contribution in [0.2, 0.25) is 0 Å². The lowest BCUT2D eigenvalue weighted by Crippen LogP contribution is -2.34. The fourth-order valence-electron chi connectivity index (χ4n) is 2.61. The van der Waals surface area contributed by atoms with E-state index in [1.54, 1.807) is 0 Å². The molecule has 1 saturated heterocycles. The molecular weight excluding hydrogens is 278 g/mol. The summed E-state index contributed by atoms with van der Waals surface area (Å²) in [6.07, 6.45) is 5.98. The van der Waals surface area contributed by atoms with Crippen LogP contribution in [0.4, 0.5) is 0 Å². The van der Waals surface area contributed by atoms with Crippen LogP contribution in [-0.2, 0) is 14.6 Å². The Kier molecular flexibility index (Phi) is 4.65. The minimum atomic E-state index is -2.96. The first kappa shape index (κ1) is 14.9. The van der Waals surface area contributed by atoms with E-state index in [1.807, 2.05) is 6.07 Å². The van der Waals surface area contributed by atoms with Gasteiger partial charge in [0.15, 0.2) is 9.84 Å². The molecule has 7 heteroatoms. The van der Waals surface area contributed by atoms with Gasteiger partial charge < -0.3 is 10.6 Å². The molecule has 0 aromatic carbocycles. The highest BCUT2D eigenvalue weighted by Crippen LogP contribution is 2.18. The van der Waals surface area contributed by atoms with Crippen LogP contribution >= 0.6 is 0 Å². The standard InChI is InChI=1S/C13H19N3O3S/c14-7-10(13(17)16-11-3-1-2-4-11)8-15-12-5-6-20(18,19)9-12/h8,11-12,15H,1-6,9H2,(H,16,17)/b10-8-. The van der Waals surface area contributed by atoms with E-state index in [0.717, 1.165) is 25.7 Å². The maximum Gasteiger partial charge on any atom is 0.263 e. The predicted molar refractivity (Wildman–Crippen MR) is 74.3 cm³/mol. The van der Waals surface area contributed by atoms with Crippen molar-refractivity contribution < 1.29 is 13.2 Å². The van der Waals surface area contributed by atoms with Crippen molar-refractivity contribution >= 4 is 15.7 Å². The molecule has 6 nitrogen and oxygen atoms in total. The zero-order valence-corrected chi connectivity index (χ0v) is 12.1. The molecule has 2 N–H and O–H groups in total. The van der Waals surface area contributed by atoms with Gasteiger partial charge in [0.1, 0.15) is 11.6 Å². The monoisotopic (exact) mass is 297 g/mol. The number of rotatable bonds is 4. The van der Waals surface area contributed by atoms with Crippen LogP contribution in [0.5, 0.6) is 0 Å².